The van der Waals surface area contributed by atoms with Gasteiger partial charge >= 0.3 is 0 Å². The molecule has 4 heteroatoms. The summed E-state index contributed by atoms with van der Waals surface area (Å²) in [7, 11) is 0. The molecule has 1 unspecified atom stereocenters. The van der Waals surface area contributed by atoms with Crippen LogP contribution in [0, 0.1) is 5.82 Å². The number of primary amides is 1. The Bertz CT molecular complexity index is 341. The zero-order chi connectivity index (χ0) is 11.3. The predicted molar refractivity (Wildman–Crippen MR) is 56.6 cm³/mol. The quantitative estimate of drug-likeness (QED) is 0.770. The molecule has 1 rings (SSSR count). The molecule has 1 amide bonds. The number of rotatable bonds is 5. The predicted octanol–water partition coefficient (Wildman–Crippen LogP) is 1.35. The number of hydrogen-bond donors (Lipinski definition) is 2. The summed E-state index contributed by atoms with van der Waals surface area (Å²) < 4.78 is 13.4. The molecule has 3 N–H and O–H groups in total. The molecule has 0 heterocycles. The smallest absolute Gasteiger partial charge is 0.239 e. The molecule has 82 valence electrons. The van der Waals surface area contributed by atoms with Gasteiger partial charge < -0.3 is 11.1 Å². The SMILES string of the molecule is CCCNC(C(N)=O)c1ccccc1F. The van der Waals surface area contributed by atoms with Crippen LogP contribution in [-0.4, -0.2) is 12.5 Å². The normalized spacial score (nSPS) is 12.4. The van der Waals surface area contributed by atoms with E-state index in [4.69, 9.17) is 5.73 Å². The van der Waals surface area contributed by atoms with Crippen molar-refractivity contribution < 1.29 is 9.18 Å². The van der Waals surface area contributed by atoms with Crippen molar-refractivity contribution in [3.63, 3.8) is 0 Å². The minimum absolute atomic E-state index is 0.304. The third kappa shape index (κ3) is 3.02. The van der Waals surface area contributed by atoms with Crippen LogP contribution in [0.3, 0.4) is 0 Å². The molecule has 0 spiro atoms. The summed E-state index contributed by atoms with van der Waals surface area (Å²) >= 11 is 0. The number of carbonyl (C=O) groups excluding carboxylic acids is 1. The van der Waals surface area contributed by atoms with Gasteiger partial charge in [0.15, 0.2) is 0 Å². The van der Waals surface area contributed by atoms with E-state index in [9.17, 15) is 9.18 Å². The van der Waals surface area contributed by atoms with Crippen molar-refractivity contribution in [2.24, 2.45) is 5.73 Å². The number of nitrogens with two attached hydrogens (primary N) is 1. The lowest BCUT2D eigenvalue weighted by molar-refractivity contribution is -0.120. The molecule has 0 aliphatic rings. The van der Waals surface area contributed by atoms with E-state index in [0.29, 0.717) is 12.1 Å². The largest absolute Gasteiger partial charge is 0.368 e. The van der Waals surface area contributed by atoms with Crippen LogP contribution in [0.4, 0.5) is 4.39 Å². The molecule has 1 aromatic carbocycles. The van der Waals surface area contributed by atoms with Crippen molar-refractivity contribution in [2.45, 2.75) is 19.4 Å². The summed E-state index contributed by atoms with van der Waals surface area (Å²) in [6.45, 7) is 2.59. The molecule has 0 radical (unpaired) electrons. The first-order valence-electron chi connectivity index (χ1n) is 4.94. The van der Waals surface area contributed by atoms with Crippen LogP contribution in [0.15, 0.2) is 24.3 Å². The highest BCUT2D eigenvalue weighted by Gasteiger charge is 2.19. The topological polar surface area (TPSA) is 55.1 Å². The van der Waals surface area contributed by atoms with Crippen LogP contribution in [0.2, 0.25) is 0 Å². The summed E-state index contributed by atoms with van der Waals surface area (Å²) in [4.78, 5) is 11.2. The molecular weight excluding hydrogens is 195 g/mol. The third-order valence-corrected chi connectivity index (χ3v) is 2.10. The number of nitrogens with one attached hydrogen (secondary N) is 1. The number of halogens is 1. The third-order valence-electron chi connectivity index (χ3n) is 2.10. The lowest BCUT2D eigenvalue weighted by Crippen LogP contribution is -2.34. The van der Waals surface area contributed by atoms with E-state index in [1.54, 1.807) is 18.2 Å². The van der Waals surface area contributed by atoms with E-state index < -0.39 is 17.8 Å². The first-order valence-corrected chi connectivity index (χ1v) is 4.94. The van der Waals surface area contributed by atoms with Gasteiger partial charge in [-0.1, -0.05) is 25.1 Å². The Labute approximate surface area is 88.5 Å². The van der Waals surface area contributed by atoms with Crippen molar-refractivity contribution in [1.29, 1.82) is 0 Å². The van der Waals surface area contributed by atoms with Gasteiger partial charge in [-0.3, -0.25) is 4.79 Å². The highest BCUT2D eigenvalue weighted by molar-refractivity contribution is 5.81. The highest BCUT2D eigenvalue weighted by atomic mass is 19.1. The van der Waals surface area contributed by atoms with Crippen LogP contribution >= 0.6 is 0 Å². The Hall–Kier alpha value is -1.42. The van der Waals surface area contributed by atoms with Gasteiger partial charge in [-0.25, -0.2) is 4.39 Å². The second kappa shape index (κ2) is 5.46. The van der Waals surface area contributed by atoms with Crippen LogP contribution in [-0.2, 0) is 4.79 Å². The Balaban J connectivity index is 2.89. The Morgan fingerprint density at radius 1 is 1.53 bits per heavy atom. The van der Waals surface area contributed by atoms with Crippen molar-refractivity contribution in [2.75, 3.05) is 6.54 Å². The summed E-state index contributed by atoms with van der Waals surface area (Å²) in [6, 6.07) is 5.40. The molecule has 0 aliphatic heterocycles. The second-order valence-corrected chi connectivity index (χ2v) is 3.31. The van der Waals surface area contributed by atoms with Crippen molar-refractivity contribution >= 4 is 5.91 Å². The molecule has 0 fully saturated rings. The second-order valence-electron chi connectivity index (χ2n) is 3.31. The minimum atomic E-state index is -0.744. The van der Waals surface area contributed by atoms with Gasteiger partial charge in [0.05, 0.1) is 0 Å². The fourth-order valence-corrected chi connectivity index (χ4v) is 1.36. The zero-order valence-corrected chi connectivity index (χ0v) is 8.66. The average molecular weight is 210 g/mol. The maximum absolute atomic E-state index is 13.4. The summed E-state index contributed by atoms with van der Waals surface area (Å²) in [5, 5.41) is 2.91. The van der Waals surface area contributed by atoms with E-state index in [1.165, 1.54) is 6.07 Å². The summed E-state index contributed by atoms with van der Waals surface area (Å²) in [6.07, 6.45) is 0.859. The van der Waals surface area contributed by atoms with Gasteiger partial charge in [0.25, 0.3) is 0 Å². The minimum Gasteiger partial charge on any atom is -0.368 e. The fraction of sp³-hybridized carbons (Fsp3) is 0.364. The molecule has 15 heavy (non-hydrogen) atoms. The molecule has 3 nitrogen and oxygen atoms in total. The van der Waals surface area contributed by atoms with Gasteiger partial charge in [0.2, 0.25) is 5.91 Å². The van der Waals surface area contributed by atoms with Crippen molar-refractivity contribution in [3.05, 3.63) is 35.6 Å². The molecule has 0 saturated heterocycles. The van der Waals surface area contributed by atoms with Crippen LogP contribution in [0.1, 0.15) is 24.9 Å². The summed E-state index contributed by atoms with van der Waals surface area (Å²) in [5.41, 5.74) is 5.51. The number of amides is 1. The number of hydrogen-bond acceptors (Lipinski definition) is 2. The molecule has 1 atom stereocenters. The standard InChI is InChI=1S/C11H15FN2O/c1-2-7-14-10(11(13)15)8-5-3-4-6-9(8)12/h3-6,10,14H,2,7H2,1H3,(H2,13,15). The van der Waals surface area contributed by atoms with Gasteiger partial charge in [-0.05, 0) is 19.0 Å². The number of carbonyl (C=O) groups is 1. The van der Waals surface area contributed by atoms with Crippen molar-refractivity contribution in [3.8, 4) is 0 Å². The monoisotopic (exact) mass is 210 g/mol. The van der Waals surface area contributed by atoms with Crippen LogP contribution < -0.4 is 11.1 Å². The fourth-order valence-electron chi connectivity index (χ4n) is 1.36. The van der Waals surface area contributed by atoms with E-state index in [0.717, 1.165) is 6.42 Å². The van der Waals surface area contributed by atoms with E-state index in [-0.39, 0.29) is 0 Å². The van der Waals surface area contributed by atoms with E-state index >= 15 is 0 Å². The summed E-state index contributed by atoms with van der Waals surface area (Å²) in [5.74, 6) is -0.974. The van der Waals surface area contributed by atoms with Crippen molar-refractivity contribution in [1.82, 2.24) is 5.32 Å². The number of benzene rings is 1. The lowest BCUT2D eigenvalue weighted by atomic mass is 10.1. The van der Waals surface area contributed by atoms with Gasteiger partial charge in [-0.15, -0.1) is 0 Å². The van der Waals surface area contributed by atoms with Gasteiger partial charge in [0, 0.05) is 5.56 Å². The molecule has 0 aliphatic carbocycles. The molecule has 0 aromatic heterocycles. The van der Waals surface area contributed by atoms with E-state index in [2.05, 4.69) is 5.32 Å². The van der Waals surface area contributed by atoms with Crippen LogP contribution in [0.25, 0.3) is 0 Å². The van der Waals surface area contributed by atoms with Gasteiger partial charge in [0.1, 0.15) is 11.9 Å². The molecule has 1 aromatic rings. The first-order chi connectivity index (χ1) is 7.16. The Morgan fingerprint density at radius 3 is 2.73 bits per heavy atom. The zero-order valence-electron chi connectivity index (χ0n) is 8.66. The molecular formula is C11H15FN2O. The molecule has 0 bridgehead atoms. The maximum atomic E-state index is 13.4. The lowest BCUT2D eigenvalue weighted by Gasteiger charge is -2.15. The Kier molecular flexibility index (Phi) is 4.24. The highest BCUT2D eigenvalue weighted by Crippen LogP contribution is 2.16. The maximum Gasteiger partial charge on any atom is 0.239 e. The first kappa shape index (κ1) is 11.7. The van der Waals surface area contributed by atoms with E-state index in [1.807, 2.05) is 6.92 Å². The Morgan fingerprint density at radius 2 is 2.20 bits per heavy atom. The van der Waals surface area contributed by atoms with Crippen LogP contribution in [0.5, 0.6) is 0 Å². The molecule has 0 saturated carbocycles. The average Bonchev–Trinajstić information content (AvgIpc) is 2.20. The van der Waals surface area contributed by atoms with Gasteiger partial charge in [-0.2, -0.15) is 0 Å².